The summed E-state index contributed by atoms with van der Waals surface area (Å²) >= 11 is 1.94. The zero-order valence-corrected chi connectivity index (χ0v) is 13.5. The summed E-state index contributed by atoms with van der Waals surface area (Å²) in [7, 11) is -0.954. The molecule has 0 spiro atoms. The molecular formula is C10H21IN2O2S. The maximum atomic E-state index is 11.2. The summed E-state index contributed by atoms with van der Waals surface area (Å²) in [5.74, 6) is 0. The van der Waals surface area contributed by atoms with Crippen molar-refractivity contribution >= 4 is 34.0 Å². The number of nitrogens with zero attached hydrogens (tertiary/aromatic N) is 1. The van der Waals surface area contributed by atoms with Gasteiger partial charge in [0.1, 0.15) is 23.0 Å². The topological polar surface area (TPSA) is 41.6 Å². The van der Waals surface area contributed by atoms with E-state index in [2.05, 4.69) is 32.4 Å². The molecule has 1 heterocycles. The largest absolute Gasteiger partial charge is 0.243 e. The number of hydroxylamine groups is 2. The SMILES string of the molecule is CS(=O)NC1CC(C)(C)N(OI)C(C)(C)C1. The van der Waals surface area contributed by atoms with Crippen LogP contribution >= 0.6 is 23.0 Å². The lowest BCUT2D eigenvalue weighted by Gasteiger charge is -2.52. The Hall–Kier alpha value is 0.760. The summed E-state index contributed by atoms with van der Waals surface area (Å²) in [6, 6.07) is 0.277. The van der Waals surface area contributed by atoms with Crippen LogP contribution in [0.25, 0.3) is 0 Å². The second-order valence-corrected chi connectivity index (χ2v) is 7.20. The van der Waals surface area contributed by atoms with Crippen molar-refractivity contribution in [2.75, 3.05) is 6.26 Å². The smallest absolute Gasteiger partial charge is 0.137 e. The molecule has 0 aromatic heterocycles. The van der Waals surface area contributed by atoms with Gasteiger partial charge in [0.15, 0.2) is 0 Å². The molecule has 96 valence electrons. The number of halogens is 1. The molecule has 1 atom stereocenters. The number of hydrogen-bond acceptors (Lipinski definition) is 3. The van der Waals surface area contributed by atoms with Crippen LogP contribution in [-0.2, 0) is 14.2 Å². The summed E-state index contributed by atoms with van der Waals surface area (Å²) in [6.07, 6.45) is 3.54. The maximum absolute atomic E-state index is 11.2. The summed E-state index contributed by atoms with van der Waals surface area (Å²) in [4.78, 5) is 0. The van der Waals surface area contributed by atoms with E-state index in [0.717, 1.165) is 12.8 Å². The van der Waals surface area contributed by atoms with Crippen LogP contribution in [0.4, 0.5) is 0 Å². The Kier molecular flexibility index (Phi) is 4.79. The molecule has 0 aromatic carbocycles. The normalized spacial score (nSPS) is 27.9. The van der Waals surface area contributed by atoms with Crippen LogP contribution in [0.5, 0.6) is 0 Å². The van der Waals surface area contributed by atoms with Gasteiger partial charge in [-0.15, -0.1) is 0 Å². The van der Waals surface area contributed by atoms with Gasteiger partial charge < -0.3 is 0 Å². The van der Waals surface area contributed by atoms with Crippen molar-refractivity contribution in [1.82, 2.24) is 9.79 Å². The lowest BCUT2D eigenvalue weighted by atomic mass is 9.79. The van der Waals surface area contributed by atoms with Crippen molar-refractivity contribution in [1.29, 1.82) is 0 Å². The van der Waals surface area contributed by atoms with Gasteiger partial charge in [0.05, 0.1) is 11.0 Å². The summed E-state index contributed by atoms with van der Waals surface area (Å²) in [5, 5.41) is 2.04. The van der Waals surface area contributed by atoms with Crippen molar-refractivity contribution in [2.24, 2.45) is 0 Å². The van der Waals surface area contributed by atoms with Crippen LogP contribution in [-0.4, -0.2) is 32.6 Å². The summed E-state index contributed by atoms with van der Waals surface area (Å²) in [6.45, 7) is 8.61. The van der Waals surface area contributed by atoms with Gasteiger partial charge in [0.25, 0.3) is 0 Å². The highest BCUT2D eigenvalue weighted by molar-refractivity contribution is 14.1. The first-order valence-electron chi connectivity index (χ1n) is 5.38. The zero-order chi connectivity index (χ0) is 12.6. The van der Waals surface area contributed by atoms with Gasteiger partial charge in [-0.1, -0.05) is 0 Å². The molecule has 0 aliphatic carbocycles. The summed E-state index contributed by atoms with van der Waals surface area (Å²) < 4.78 is 19.8. The highest BCUT2D eigenvalue weighted by atomic mass is 127. The average molecular weight is 360 g/mol. The zero-order valence-electron chi connectivity index (χ0n) is 10.5. The molecule has 4 nitrogen and oxygen atoms in total. The van der Waals surface area contributed by atoms with E-state index >= 15 is 0 Å². The van der Waals surface area contributed by atoms with Gasteiger partial charge in [-0.25, -0.2) is 12.1 Å². The molecule has 0 saturated carbocycles. The fourth-order valence-corrected chi connectivity index (χ4v) is 4.47. The number of piperidine rings is 1. The van der Waals surface area contributed by atoms with Crippen molar-refractivity contribution in [3.8, 4) is 0 Å². The number of rotatable bonds is 3. The highest BCUT2D eigenvalue weighted by Crippen LogP contribution is 2.39. The van der Waals surface area contributed by atoms with Gasteiger partial charge >= 0.3 is 0 Å². The second kappa shape index (κ2) is 5.17. The fourth-order valence-electron chi connectivity index (χ4n) is 2.77. The third-order valence-corrected chi connectivity index (χ3v) is 4.05. The molecule has 1 unspecified atom stereocenters. The third kappa shape index (κ3) is 3.38. The molecule has 1 fully saturated rings. The van der Waals surface area contributed by atoms with E-state index in [0.29, 0.717) is 0 Å². The number of hydrogen-bond donors (Lipinski definition) is 1. The first kappa shape index (κ1) is 14.8. The fraction of sp³-hybridized carbons (Fsp3) is 1.00. The molecule has 1 rings (SSSR count). The van der Waals surface area contributed by atoms with E-state index < -0.39 is 11.0 Å². The van der Waals surface area contributed by atoms with E-state index in [1.54, 1.807) is 6.26 Å². The minimum Gasteiger partial charge on any atom is -0.243 e. The van der Waals surface area contributed by atoms with Crippen molar-refractivity contribution in [3.63, 3.8) is 0 Å². The highest BCUT2D eigenvalue weighted by Gasteiger charge is 2.46. The molecule has 6 heteroatoms. The van der Waals surface area contributed by atoms with Crippen LogP contribution in [0.15, 0.2) is 0 Å². The minimum absolute atomic E-state index is 0.0556. The van der Waals surface area contributed by atoms with Crippen LogP contribution in [0.1, 0.15) is 40.5 Å². The first-order valence-corrected chi connectivity index (χ1v) is 7.81. The van der Waals surface area contributed by atoms with Crippen molar-refractivity contribution < 1.29 is 7.38 Å². The van der Waals surface area contributed by atoms with Crippen LogP contribution in [0.3, 0.4) is 0 Å². The molecule has 0 radical (unpaired) electrons. The molecule has 0 aromatic rings. The molecule has 0 bridgehead atoms. The van der Waals surface area contributed by atoms with Gasteiger partial charge in [-0.3, -0.25) is 0 Å². The standard InChI is InChI=1S/C10H21IN2O2S/c1-9(2)6-8(12-16(5)14)7-10(3,4)13(9)15-11/h8,12H,6-7H2,1-5H3. The van der Waals surface area contributed by atoms with E-state index in [4.69, 9.17) is 3.17 Å². The number of nitrogens with one attached hydrogen (secondary N) is 1. The van der Waals surface area contributed by atoms with E-state index in [-0.39, 0.29) is 17.1 Å². The van der Waals surface area contributed by atoms with Crippen molar-refractivity contribution in [2.45, 2.75) is 57.7 Å². The molecule has 1 N–H and O–H groups in total. The van der Waals surface area contributed by atoms with Crippen molar-refractivity contribution in [3.05, 3.63) is 0 Å². The third-order valence-electron chi connectivity index (χ3n) is 2.99. The Morgan fingerprint density at radius 1 is 1.31 bits per heavy atom. The van der Waals surface area contributed by atoms with Crippen LogP contribution < -0.4 is 4.72 Å². The van der Waals surface area contributed by atoms with E-state index in [9.17, 15) is 4.21 Å². The average Bonchev–Trinajstić information content (AvgIpc) is 1.97. The van der Waals surface area contributed by atoms with Crippen LogP contribution in [0.2, 0.25) is 0 Å². The summed E-state index contributed by atoms with van der Waals surface area (Å²) in [5.41, 5.74) is -0.111. The Balaban J connectivity index is 2.84. The molecule has 0 amide bonds. The molecule has 16 heavy (non-hydrogen) atoms. The second-order valence-electron chi connectivity index (χ2n) is 5.67. The Morgan fingerprint density at radius 3 is 2.06 bits per heavy atom. The van der Waals surface area contributed by atoms with Gasteiger partial charge in [-0.05, 0) is 40.5 Å². The maximum Gasteiger partial charge on any atom is 0.137 e. The van der Waals surface area contributed by atoms with Gasteiger partial charge in [0.2, 0.25) is 0 Å². The predicted molar refractivity (Wildman–Crippen MR) is 75.3 cm³/mol. The van der Waals surface area contributed by atoms with Gasteiger partial charge in [0, 0.05) is 23.4 Å². The van der Waals surface area contributed by atoms with Crippen LogP contribution in [0, 0.1) is 0 Å². The monoisotopic (exact) mass is 360 g/mol. The quantitative estimate of drug-likeness (QED) is 0.785. The Morgan fingerprint density at radius 2 is 1.75 bits per heavy atom. The lowest BCUT2D eigenvalue weighted by Crippen LogP contribution is -2.62. The minimum atomic E-state index is -0.954. The van der Waals surface area contributed by atoms with Gasteiger partial charge in [-0.2, -0.15) is 5.06 Å². The predicted octanol–water partition coefficient (Wildman–Crippen LogP) is 2.17. The Bertz CT molecular complexity index is 266. The lowest BCUT2D eigenvalue weighted by molar-refractivity contribution is -0.194. The molecule has 1 aliphatic heterocycles. The molecule has 1 aliphatic rings. The molecule has 1 saturated heterocycles. The van der Waals surface area contributed by atoms with E-state index in [1.807, 2.05) is 28.1 Å². The first-order chi connectivity index (χ1) is 7.19. The Labute approximate surface area is 115 Å². The van der Waals surface area contributed by atoms with E-state index in [1.165, 1.54) is 0 Å². The molecular weight excluding hydrogens is 339 g/mol.